The molecular formula is C10H10N4O2. The Morgan fingerprint density at radius 1 is 1.38 bits per heavy atom. The Hall–Kier alpha value is -2.39. The number of nitrogens with zero attached hydrogens (tertiary/aromatic N) is 2. The van der Waals surface area contributed by atoms with Crippen LogP contribution in [-0.2, 0) is 4.79 Å². The second-order valence-electron chi connectivity index (χ2n) is 2.85. The molecule has 0 fully saturated rings. The van der Waals surface area contributed by atoms with Crippen molar-refractivity contribution in [3.05, 3.63) is 30.3 Å². The minimum absolute atomic E-state index is 0.366. The van der Waals surface area contributed by atoms with Crippen LogP contribution in [-0.4, -0.2) is 11.9 Å². The molecule has 0 aliphatic carbocycles. The fourth-order valence-electron chi connectivity index (χ4n) is 1.16. The van der Waals surface area contributed by atoms with Crippen molar-refractivity contribution >= 4 is 17.6 Å². The van der Waals surface area contributed by atoms with Crippen LogP contribution in [0, 0.1) is 11.3 Å². The molecule has 0 saturated carbocycles. The number of para-hydroxylation sites is 1. The van der Waals surface area contributed by atoms with Crippen LogP contribution < -0.4 is 16.2 Å². The molecule has 0 unspecified atom stereocenters. The molecule has 0 bridgehead atoms. The summed E-state index contributed by atoms with van der Waals surface area (Å²) in [4.78, 5) is 23.7. The highest BCUT2D eigenvalue weighted by Gasteiger charge is 2.21. The van der Waals surface area contributed by atoms with Gasteiger partial charge in [-0.25, -0.2) is 15.5 Å². The molecule has 0 aliphatic heterocycles. The van der Waals surface area contributed by atoms with E-state index >= 15 is 0 Å². The van der Waals surface area contributed by atoms with Crippen molar-refractivity contribution in [1.29, 1.82) is 5.26 Å². The number of nitriles is 1. The lowest BCUT2D eigenvalue weighted by Crippen LogP contribution is -2.46. The summed E-state index contributed by atoms with van der Waals surface area (Å²) in [5, 5.41) is 8.43. The molecule has 1 rings (SSSR count). The number of carbonyl (C=O) groups is 2. The van der Waals surface area contributed by atoms with Crippen molar-refractivity contribution in [3.63, 3.8) is 0 Å². The van der Waals surface area contributed by atoms with Gasteiger partial charge in [-0.1, -0.05) is 18.2 Å². The van der Waals surface area contributed by atoms with Crippen LogP contribution in [0.5, 0.6) is 0 Å². The minimum atomic E-state index is -0.772. The number of carbonyl (C=O) groups excluding carboxylic acids is 2. The lowest BCUT2D eigenvalue weighted by Gasteiger charge is -2.18. The van der Waals surface area contributed by atoms with Crippen LogP contribution in [0.3, 0.4) is 0 Å². The Labute approximate surface area is 92.2 Å². The Balaban J connectivity index is 3.02. The summed E-state index contributed by atoms with van der Waals surface area (Å²) in [7, 11) is 0. The molecule has 6 nitrogen and oxygen atoms in total. The molecule has 6 heteroatoms. The highest BCUT2D eigenvalue weighted by Crippen LogP contribution is 2.14. The van der Waals surface area contributed by atoms with Gasteiger partial charge in [0.25, 0.3) is 0 Å². The standard InChI is InChI=1S/C10H10N4O2/c11-7-6-9(15)14(10(16)13-12)8-4-2-1-3-5-8/h1-5H,6,12H2,(H,13,16). The predicted octanol–water partition coefficient (Wildman–Crippen LogP) is 0.517. The number of amides is 3. The predicted molar refractivity (Wildman–Crippen MR) is 56.9 cm³/mol. The van der Waals surface area contributed by atoms with E-state index in [1.165, 1.54) is 0 Å². The third-order valence-corrected chi connectivity index (χ3v) is 1.82. The summed E-state index contributed by atoms with van der Waals surface area (Å²) >= 11 is 0. The third kappa shape index (κ3) is 2.56. The van der Waals surface area contributed by atoms with Gasteiger partial charge in [0.05, 0.1) is 11.8 Å². The molecule has 1 aromatic rings. The third-order valence-electron chi connectivity index (χ3n) is 1.82. The number of urea groups is 1. The lowest BCUT2D eigenvalue weighted by molar-refractivity contribution is -0.117. The largest absolute Gasteiger partial charge is 0.342 e. The van der Waals surface area contributed by atoms with Gasteiger partial charge in [-0.15, -0.1) is 0 Å². The van der Waals surface area contributed by atoms with Gasteiger partial charge in [-0.3, -0.25) is 10.2 Å². The number of rotatable bonds is 2. The van der Waals surface area contributed by atoms with Crippen molar-refractivity contribution in [1.82, 2.24) is 5.43 Å². The molecule has 1 aromatic carbocycles. The highest BCUT2D eigenvalue weighted by atomic mass is 16.2. The smallest absolute Gasteiger partial charge is 0.275 e. The van der Waals surface area contributed by atoms with E-state index in [1.54, 1.807) is 36.4 Å². The summed E-state index contributed by atoms with van der Waals surface area (Å²) in [5.74, 6) is 4.34. The molecule has 3 N–H and O–H groups in total. The number of hydrazine groups is 1. The van der Waals surface area contributed by atoms with Gasteiger partial charge in [0.2, 0.25) is 5.91 Å². The van der Waals surface area contributed by atoms with Crippen LogP contribution in [0.4, 0.5) is 10.5 Å². The lowest BCUT2D eigenvalue weighted by atomic mass is 10.2. The zero-order valence-corrected chi connectivity index (χ0v) is 8.38. The maximum absolute atomic E-state index is 11.5. The number of hydrogen-bond acceptors (Lipinski definition) is 4. The monoisotopic (exact) mass is 218 g/mol. The van der Waals surface area contributed by atoms with Crippen LogP contribution in [0.2, 0.25) is 0 Å². The summed E-state index contributed by atoms with van der Waals surface area (Å²) in [6.07, 6.45) is -0.387. The normalized spacial score (nSPS) is 9.00. The quantitative estimate of drug-likeness (QED) is 0.429. The van der Waals surface area contributed by atoms with Crippen LogP contribution >= 0.6 is 0 Å². The highest BCUT2D eigenvalue weighted by molar-refractivity contribution is 6.14. The Bertz CT molecular complexity index is 424. The molecule has 0 spiro atoms. The van der Waals surface area contributed by atoms with E-state index in [9.17, 15) is 9.59 Å². The first-order valence-electron chi connectivity index (χ1n) is 4.46. The molecule has 3 amide bonds. The van der Waals surface area contributed by atoms with Gasteiger partial charge in [0.1, 0.15) is 6.42 Å². The summed E-state index contributed by atoms with van der Waals surface area (Å²) in [6, 6.07) is 9.15. The summed E-state index contributed by atoms with van der Waals surface area (Å²) in [5.41, 5.74) is 2.23. The van der Waals surface area contributed by atoms with Gasteiger partial charge >= 0.3 is 6.03 Å². The number of hydrogen-bond donors (Lipinski definition) is 2. The van der Waals surface area contributed by atoms with Gasteiger partial charge < -0.3 is 0 Å². The molecule has 82 valence electrons. The summed E-state index contributed by atoms with van der Waals surface area (Å²) in [6.45, 7) is 0. The second-order valence-corrected chi connectivity index (χ2v) is 2.85. The fraction of sp³-hybridized carbons (Fsp3) is 0.100. The molecule has 0 aliphatic rings. The zero-order chi connectivity index (χ0) is 12.0. The van der Waals surface area contributed by atoms with Crippen molar-refractivity contribution in [2.24, 2.45) is 5.84 Å². The number of nitrogens with two attached hydrogens (primary N) is 1. The molecule has 0 aromatic heterocycles. The first-order valence-corrected chi connectivity index (χ1v) is 4.46. The Morgan fingerprint density at radius 3 is 2.50 bits per heavy atom. The van der Waals surface area contributed by atoms with Gasteiger partial charge in [-0.2, -0.15) is 5.26 Å². The molecule has 0 atom stereocenters. The van der Waals surface area contributed by atoms with Crippen molar-refractivity contribution in [2.75, 3.05) is 4.90 Å². The van der Waals surface area contributed by atoms with Gasteiger partial charge in [0.15, 0.2) is 0 Å². The first-order chi connectivity index (χ1) is 7.70. The minimum Gasteiger partial charge on any atom is -0.275 e. The molecule has 0 radical (unpaired) electrons. The van der Waals surface area contributed by atoms with Crippen molar-refractivity contribution in [3.8, 4) is 6.07 Å². The van der Waals surface area contributed by atoms with Crippen LogP contribution in [0.15, 0.2) is 30.3 Å². The van der Waals surface area contributed by atoms with Gasteiger partial charge in [-0.05, 0) is 12.1 Å². The number of anilines is 1. The van der Waals surface area contributed by atoms with E-state index in [0.717, 1.165) is 4.90 Å². The van der Waals surface area contributed by atoms with E-state index in [-0.39, 0.29) is 6.42 Å². The van der Waals surface area contributed by atoms with Gasteiger partial charge in [0, 0.05) is 0 Å². The first kappa shape index (κ1) is 11.7. The molecular weight excluding hydrogens is 208 g/mol. The Morgan fingerprint density at radius 2 is 2.00 bits per heavy atom. The van der Waals surface area contributed by atoms with E-state index in [2.05, 4.69) is 0 Å². The fourth-order valence-corrected chi connectivity index (χ4v) is 1.16. The average molecular weight is 218 g/mol. The second kappa shape index (κ2) is 5.48. The van der Waals surface area contributed by atoms with E-state index in [0.29, 0.717) is 5.69 Å². The average Bonchev–Trinajstić information content (AvgIpc) is 2.31. The SMILES string of the molecule is N#CCC(=O)N(C(=O)NN)c1ccccc1. The van der Waals surface area contributed by atoms with Crippen molar-refractivity contribution in [2.45, 2.75) is 6.42 Å². The Kier molecular flexibility index (Phi) is 4.00. The van der Waals surface area contributed by atoms with Crippen LogP contribution in [0.1, 0.15) is 6.42 Å². The maximum Gasteiger partial charge on any atom is 0.342 e. The summed E-state index contributed by atoms with van der Waals surface area (Å²) < 4.78 is 0. The van der Waals surface area contributed by atoms with E-state index in [1.807, 2.05) is 5.43 Å². The number of benzene rings is 1. The topological polar surface area (TPSA) is 99.2 Å². The number of nitrogens with one attached hydrogen (secondary N) is 1. The molecule has 0 saturated heterocycles. The molecule has 16 heavy (non-hydrogen) atoms. The molecule has 0 heterocycles. The maximum atomic E-state index is 11.5. The van der Waals surface area contributed by atoms with E-state index in [4.69, 9.17) is 11.1 Å². The number of imide groups is 1. The zero-order valence-electron chi connectivity index (χ0n) is 8.38. The van der Waals surface area contributed by atoms with Crippen molar-refractivity contribution < 1.29 is 9.59 Å². The van der Waals surface area contributed by atoms with Crippen LogP contribution in [0.25, 0.3) is 0 Å². The van der Waals surface area contributed by atoms with E-state index < -0.39 is 11.9 Å².